The smallest absolute Gasteiger partial charge is 0.410 e. The number of likely N-dealkylation sites (N-methyl/N-ethyl adjacent to an activating group) is 1. The summed E-state index contributed by atoms with van der Waals surface area (Å²) >= 11 is 0. The third-order valence-corrected chi connectivity index (χ3v) is 5.38. The standard InChI is InChI=1S/C29H39N7O4/c1-7-16-31-25-22(19-33-27(35-25)34-23-14-12-21(18-30)13-15-23)11-9-8-10-17-32-26(37)24(20-39-6)36(5)28(38)40-29(2,3)4/h12-15,19,24H,7-8,10,16-17,20H2,1-6H3,(H,32,37)(H2,31,33,34,35)/t24-/m0/s1. The molecule has 0 unspecified atom stereocenters. The number of amides is 2. The molecule has 1 aromatic heterocycles. The van der Waals surface area contributed by atoms with Gasteiger partial charge in [0.25, 0.3) is 0 Å². The first-order chi connectivity index (χ1) is 19.1. The van der Waals surface area contributed by atoms with E-state index in [4.69, 9.17) is 14.7 Å². The highest BCUT2D eigenvalue weighted by molar-refractivity contribution is 5.85. The molecule has 0 saturated heterocycles. The highest BCUT2D eigenvalue weighted by atomic mass is 16.6. The van der Waals surface area contributed by atoms with Gasteiger partial charge in [0.2, 0.25) is 11.9 Å². The van der Waals surface area contributed by atoms with Crippen molar-refractivity contribution >= 4 is 29.5 Å². The Hall–Kier alpha value is -4.35. The largest absolute Gasteiger partial charge is 0.444 e. The summed E-state index contributed by atoms with van der Waals surface area (Å²) in [5, 5.41) is 18.2. The van der Waals surface area contributed by atoms with Crippen molar-refractivity contribution < 1.29 is 19.1 Å². The molecule has 0 spiro atoms. The molecule has 0 saturated carbocycles. The number of unbranched alkanes of at least 4 members (excludes halogenated alkanes) is 1. The molecule has 0 aliphatic heterocycles. The number of aromatic nitrogens is 2. The minimum absolute atomic E-state index is 0.0466. The fourth-order valence-electron chi connectivity index (χ4n) is 3.32. The number of nitrogens with zero attached hydrogens (tertiary/aromatic N) is 4. The van der Waals surface area contributed by atoms with Gasteiger partial charge in [-0.3, -0.25) is 9.69 Å². The molecule has 11 nitrogen and oxygen atoms in total. The Bertz CT molecular complexity index is 1220. The van der Waals surface area contributed by atoms with Gasteiger partial charge < -0.3 is 25.4 Å². The Kier molecular flexibility index (Phi) is 12.7. The summed E-state index contributed by atoms with van der Waals surface area (Å²) in [6.07, 6.45) is 3.14. The fourth-order valence-corrected chi connectivity index (χ4v) is 3.32. The first kappa shape index (κ1) is 31.9. The van der Waals surface area contributed by atoms with Gasteiger partial charge in [-0.1, -0.05) is 18.8 Å². The second kappa shape index (κ2) is 15.9. The first-order valence-corrected chi connectivity index (χ1v) is 13.2. The van der Waals surface area contributed by atoms with Crippen molar-refractivity contribution in [3.63, 3.8) is 0 Å². The zero-order valence-electron chi connectivity index (χ0n) is 24.1. The number of hydrogen-bond donors (Lipinski definition) is 3. The number of hydrogen-bond acceptors (Lipinski definition) is 9. The molecule has 1 aromatic carbocycles. The van der Waals surface area contributed by atoms with Crippen molar-refractivity contribution in [1.82, 2.24) is 20.2 Å². The van der Waals surface area contributed by atoms with E-state index in [0.717, 1.165) is 18.7 Å². The van der Waals surface area contributed by atoms with Crippen LogP contribution in [0.1, 0.15) is 58.1 Å². The van der Waals surface area contributed by atoms with Crippen LogP contribution < -0.4 is 16.0 Å². The number of methoxy groups -OCH3 is 1. The summed E-state index contributed by atoms with van der Waals surface area (Å²) in [7, 11) is 2.99. The average Bonchev–Trinajstić information content (AvgIpc) is 2.92. The van der Waals surface area contributed by atoms with E-state index >= 15 is 0 Å². The van der Waals surface area contributed by atoms with Crippen LogP contribution in [0.2, 0.25) is 0 Å². The third-order valence-electron chi connectivity index (χ3n) is 5.38. The zero-order chi connectivity index (χ0) is 29.5. The molecule has 3 N–H and O–H groups in total. The van der Waals surface area contributed by atoms with E-state index in [1.165, 1.54) is 19.1 Å². The second-order valence-electron chi connectivity index (χ2n) is 9.96. The van der Waals surface area contributed by atoms with Gasteiger partial charge in [0, 0.05) is 39.4 Å². The fraction of sp³-hybridized carbons (Fsp3) is 0.483. The van der Waals surface area contributed by atoms with Crippen LogP contribution in [0.25, 0.3) is 0 Å². The molecule has 0 bridgehead atoms. The lowest BCUT2D eigenvalue weighted by atomic mass is 10.2. The number of carbonyl (C=O) groups is 2. The van der Waals surface area contributed by atoms with Crippen LogP contribution >= 0.6 is 0 Å². The summed E-state index contributed by atoms with van der Waals surface area (Å²) in [5.74, 6) is 6.94. The van der Waals surface area contributed by atoms with Crippen molar-refractivity contribution in [1.29, 1.82) is 5.26 Å². The molecule has 0 radical (unpaired) electrons. The maximum atomic E-state index is 12.7. The number of carbonyl (C=O) groups excluding carboxylic acids is 2. The molecule has 1 heterocycles. The molecule has 2 rings (SSSR count). The van der Waals surface area contributed by atoms with Crippen molar-refractivity contribution in [2.75, 3.05) is 44.5 Å². The molecule has 40 heavy (non-hydrogen) atoms. The number of anilines is 3. The quantitative estimate of drug-likeness (QED) is 0.264. The summed E-state index contributed by atoms with van der Waals surface area (Å²) in [5.41, 5.74) is 1.34. The highest BCUT2D eigenvalue weighted by Crippen LogP contribution is 2.18. The predicted octanol–water partition coefficient (Wildman–Crippen LogP) is 4.04. The molecule has 2 amide bonds. The Balaban J connectivity index is 1.95. The van der Waals surface area contributed by atoms with Gasteiger partial charge in [-0.25, -0.2) is 9.78 Å². The van der Waals surface area contributed by atoms with Crippen molar-refractivity contribution in [2.45, 2.75) is 58.6 Å². The number of nitriles is 1. The van der Waals surface area contributed by atoms with Crippen LogP contribution in [0.15, 0.2) is 30.5 Å². The van der Waals surface area contributed by atoms with Crippen LogP contribution in [0.3, 0.4) is 0 Å². The van der Waals surface area contributed by atoms with Crippen LogP contribution in [0.5, 0.6) is 0 Å². The molecule has 2 aromatic rings. The lowest BCUT2D eigenvalue weighted by Crippen LogP contribution is -2.51. The summed E-state index contributed by atoms with van der Waals surface area (Å²) in [4.78, 5) is 35.3. The van der Waals surface area contributed by atoms with Gasteiger partial charge in [-0.2, -0.15) is 10.2 Å². The molecule has 0 aliphatic rings. The Morgan fingerprint density at radius 2 is 1.90 bits per heavy atom. The van der Waals surface area contributed by atoms with E-state index in [2.05, 4.69) is 50.8 Å². The predicted molar refractivity (Wildman–Crippen MR) is 154 cm³/mol. The van der Waals surface area contributed by atoms with Crippen LogP contribution in [-0.4, -0.2) is 72.4 Å². The molecule has 0 fully saturated rings. The summed E-state index contributed by atoms with van der Waals surface area (Å²) in [6, 6.07) is 8.30. The Labute approximate surface area is 236 Å². The van der Waals surface area contributed by atoms with E-state index in [-0.39, 0.29) is 12.5 Å². The molecule has 1 atom stereocenters. The minimum atomic E-state index is -0.813. The Morgan fingerprint density at radius 1 is 1.18 bits per heavy atom. The van der Waals surface area contributed by atoms with Crippen LogP contribution in [-0.2, 0) is 14.3 Å². The van der Waals surface area contributed by atoms with Crippen molar-refractivity contribution in [3.8, 4) is 17.9 Å². The molecule has 0 aliphatic carbocycles. The molecular weight excluding hydrogens is 510 g/mol. The minimum Gasteiger partial charge on any atom is -0.444 e. The van der Waals surface area contributed by atoms with Gasteiger partial charge in [-0.05, 0) is 57.9 Å². The normalized spacial score (nSPS) is 11.3. The molecular formula is C29H39N7O4. The van der Waals surface area contributed by atoms with Crippen LogP contribution in [0.4, 0.5) is 22.2 Å². The summed E-state index contributed by atoms with van der Waals surface area (Å²) < 4.78 is 10.5. The van der Waals surface area contributed by atoms with Crippen molar-refractivity contribution in [3.05, 3.63) is 41.6 Å². The highest BCUT2D eigenvalue weighted by Gasteiger charge is 2.30. The maximum absolute atomic E-state index is 12.7. The third kappa shape index (κ3) is 10.8. The topological polar surface area (TPSA) is 141 Å². The van der Waals surface area contributed by atoms with Gasteiger partial charge >= 0.3 is 6.09 Å². The first-order valence-electron chi connectivity index (χ1n) is 13.2. The lowest BCUT2D eigenvalue weighted by molar-refractivity contribution is -0.127. The number of nitrogens with one attached hydrogen (secondary N) is 3. The van der Waals surface area contributed by atoms with Gasteiger partial charge in [0.15, 0.2) is 0 Å². The van der Waals surface area contributed by atoms with E-state index in [9.17, 15) is 9.59 Å². The summed E-state index contributed by atoms with van der Waals surface area (Å²) in [6.45, 7) is 8.53. The SMILES string of the molecule is CCCNc1nc(Nc2ccc(C#N)cc2)ncc1C#CCCCNC(=O)[C@H](COC)N(C)C(=O)OC(C)(C)C. The van der Waals surface area contributed by atoms with E-state index < -0.39 is 17.7 Å². The number of ether oxygens (including phenoxy) is 2. The number of rotatable bonds is 12. The van der Waals surface area contributed by atoms with E-state index in [0.29, 0.717) is 42.3 Å². The number of benzene rings is 1. The average molecular weight is 550 g/mol. The van der Waals surface area contributed by atoms with E-state index in [1.54, 1.807) is 51.2 Å². The zero-order valence-corrected chi connectivity index (χ0v) is 24.1. The molecule has 214 valence electrons. The monoisotopic (exact) mass is 549 g/mol. The van der Waals surface area contributed by atoms with Gasteiger partial charge in [-0.15, -0.1) is 0 Å². The van der Waals surface area contributed by atoms with Gasteiger partial charge in [0.1, 0.15) is 17.5 Å². The molecule has 11 heteroatoms. The maximum Gasteiger partial charge on any atom is 0.410 e. The van der Waals surface area contributed by atoms with Gasteiger partial charge in [0.05, 0.1) is 30.0 Å². The van der Waals surface area contributed by atoms with Crippen molar-refractivity contribution in [2.24, 2.45) is 0 Å². The second-order valence-corrected chi connectivity index (χ2v) is 9.96. The van der Waals surface area contributed by atoms with Crippen LogP contribution in [0, 0.1) is 23.2 Å². The Morgan fingerprint density at radius 3 is 2.52 bits per heavy atom. The van der Waals surface area contributed by atoms with E-state index in [1.807, 2.05) is 0 Å². The lowest BCUT2D eigenvalue weighted by Gasteiger charge is -2.29.